The third-order valence-corrected chi connectivity index (χ3v) is 2.36. The van der Waals surface area contributed by atoms with Gasteiger partial charge in [-0.1, -0.05) is 33.1 Å². The Morgan fingerprint density at radius 2 is 2.07 bits per heavy atom. The molecule has 0 rings (SSSR count). The van der Waals surface area contributed by atoms with Crippen LogP contribution in [0.4, 0.5) is 0 Å². The van der Waals surface area contributed by atoms with Gasteiger partial charge in [0.2, 0.25) is 5.91 Å². The molecule has 2 nitrogen and oxygen atoms in total. The van der Waals surface area contributed by atoms with E-state index < -0.39 is 0 Å². The predicted octanol–water partition coefficient (Wildman–Crippen LogP) is 2.29. The molecule has 80 valence electrons. The standard InChI is InChI=1S/C12H21NO/c1-6-8-9-12(14)13(5)11(7-2)10(3)4/h2,10-11H,6,8-9H2,1,3-5H3. The van der Waals surface area contributed by atoms with Crippen molar-refractivity contribution in [2.24, 2.45) is 5.92 Å². The van der Waals surface area contributed by atoms with Crippen molar-refractivity contribution in [2.75, 3.05) is 7.05 Å². The van der Waals surface area contributed by atoms with Gasteiger partial charge >= 0.3 is 0 Å². The van der Waals surface area contributed by atoms with Gasteiger partial charge in [0.15, 0.2) is 0 Å². The minimum absolute atomic E-state index is 0.0700. The molecule has 0 bridgehead atoms. The average Bonchev–Trinajstić information content (AvgIpc) is 2.14. The molecule has 1 amide bonds. The third-order valence-electron chi connectivity index (χ3n) is 2.36. The minimum Gasteiger partial charge on any atom is -0.332 e. The summed E-state index contributed by atoms with van der Waals surface area (Å²) in [6.45, 7) is 6.15. The number of unbranched alkanes of at least 4 members (excludes halogenated alkanes) is 1. The molecule has 0 heterocycles. The Bertz CT molecular complexity index is 215. The summed E-state index contributed by atoms with van der Waals surface area (Å²) in [4.78, 5) is 13.3. The van der Waals surface area contributed by atoms with E-state index in [2.05, 4.69) is 12.8 Å². The van der Waals surface area contributed by atoms with Crippen LogP contribution in [-0.4, -0.2) is 23.9 Å². The molecule has 0 aliphatic rings. The molecule has 0 radical (unpaired) electrons. The number of terminal acetylenes is 1. The summed E-state index contributed by atoms with van der Waals surface area (Å²) in [6, 6.07) is -0.0700. The highest BCUT2D eigenvalue weighted by Crippen LogP contribution is 2.10. The van der Waals surface area contributed by atoms with Crippen LogP contribution in [0.5, 0.6) is 0 Å². The number of nitrogens with zero attached hydrogens (tertiary/aromatic N) is 1. The van der Waals surface area contributed by atoms with E-state index in [4.69, 9.17) is 6.42 Å². The molecule has 1 unspecified atom stereocenters. The maximum absolute atomic E-state index is 11.6. The van der Waals surface area contributed by atoms with Gasteiger partial charge in [-0.25, -0.2) is 0 Å². The Kier molecular flexibility index (Phi) is 6.03. The van der Waals surface area contributed by atoms with Crippen molar-refractivity contribution in [1.29, 1.82) is 0 Å². The highest BCUT2D eigenvalue weighted by molar-refractivity contribution is 5.76. The SMILES string of the molecule is C#CC(C(C)C)N(C)C(=O)CCCC. The summed E-state index contributed by atoms with van der Waals surface area (Å²) in [6.07, 6.45) is 7.99. The summed E-state index contributed by atoms with van der Waals surface area (Å²) >= 11 is 0. The monoisotopic (exact) mass is 195 g/mol. The van der Waals surface area contributed by atoms with E-state index in [1.54, 1.807) is 11.9 Å². The molecule has 0 aromatic rings. The first-order valence-electron chi connectivity index (χ1n) is 5.26. The molecule has 0 saturated carbocycles. The second kappa shape index (κ2) is 6.48. The predicted molar refractivity (Wildman–Crippen MR) is 59.8 cm³/mol. The van der Waals surface area contributed by atoms with Gasteiger partial charge in [0, 0.05) is 13.5 Å². The number of hydrogen-bond donors (Lipinski definition) is 0. The number of carbonyl (C=O) groups is 1. The van der Waals surface area contributed by atoms with Gasteiger partial charge in [-0.2, -0.15) is 0 Å². The molecule has 0 aromatic carbocycles. The zero-order valence-corrected chi connectivity index (χ0v) is 9.71. The largest absolute Gasteiger partial charge is 0.332 e. The second-order valence-corrected chi connectivity index (χ2v) is 3.96. The third kappa shape index (κ3) is 3.83. The Morgan fingerprint density at radius 1 is 1.50 bits per heavy atom. The molecular weight excluding hydrogens is 174 g/mol. The van der Waals surface area contributed by atoms with Crippen LogP contribution in [0.3, 0.4) is 0 Å². The van der Waals surface area contributed by atoms with Gasteiger partial charge in [-0.3, -0.25) is 4.79 Å². The lowest BCUT2D eigenvalue weighted by atomic mass is 10.0. The van der Waals surface area contributed by atoms with E-state index in [0.29, 0.717) is 12.3 Å². The summed E-state index contributed by atoms with van der Waals surface area (Å²) in [5.41, 5.74) is 0. The zero-order valence-electron chi connectivity index (χ0n) is 9.71. The molecule has 1 atom stereocenters. The fourth-order valence-electron chi connectivity index (χ4n) is 1.41. The summed E-state index contributed by atoms with van der Waals surface area (Å²) in [5.74, 6) is 3.14. The van der Waals surface area contributed by atoms with Gasteiger partial charge in [0.05, 0.1) is 6.04 Å². The maximum Gasteiger partial charge on any atom is 0.223 e. The summed E-state index contributed by atoms with van der Waals surface area (Å²) in [5, 5.41) is 0. The Balaban J connectivity index is 4.22. The van der Waals surface area contributed by atoms with Crippen molar-refractivity contribution in [3.8, 4) is 12.3 Å². The minimum atomic E-state index is -0.0700. The molecule has 0 saturated heterocycles. The first-order valence-corrected chi connectivity index (χ1v) is 5.26. The van der Waals surface area contributed by atoms with E-state index in [-0.39, 0.29) is 11.9 Å². The van der Waals surface area contributed by atoms with Crippen molar-refractivity contribution in [1.82, 2.24) is 4.90 Å². The normalized spacial score (nSPS) is 12.3. The zero-order chi connectivity index (χ0) is 11.1. The van der Waals surface area contributed by atoms with Crippen LogP contribution >= 0.6 is 0 Å². The van der Waals surface area contributed by atoms with Gasteiger partial charge in [0.25, 0.3) is 0 Å². The van der Waals surface area contributed by atoms with Crippen molar-refractivity contribution >= 4 is 5.91 Å². The fourth-order valence-corrected chi connectivity index (χ4v) is 1.41. The number of rotatable bonds is 5. The smallest absolute Gasteiger partial charge is 0.223 e. The van der Waals surface area contributed by atoms with Gasteiger partial charge in [0.1, 0.15) is 0 Å². The molecule has 14 heavy (non-hydrogen) atoms. The lowest BCUT2D eigenvalue weighted by Crippen LogP contribution is -2.39. The van der Waals surface area contributed by atoms with E-state index in [0.717, 1.165) is 12.8 Å². The highest BCUT2D eigenvalue weighted by atomic mass is 16.2. The molecule has 0 N–H and O–H groups in total. The van der Waals surface area contributed by atoms with Crippen molar-refractivity contribution in [3.63, 3.8) is 0 Å². The fraction of sp³-hybridized carbons (Fsp3) is 0.750. The Hall–Kier alpha value is -0.970. The molecule has 0 aliphatic heterocycles. The van der Waals surface area contributed by atoms with E-state index in [1.165, 1.54) is 0 Å². The van der Waals surface area contributed by atoms with Crippen LogP contribution in [0.25, 0.3) is 0 Å². The quantitative estimate of drug-likeness (QED) is 0.616. The topological polar surface area (TPSA) is 20.3 Å². The van der Waals surface area contributed by atoms with Gasteiger partial charge in [-0.05, 0) is 12.3 Å². The van der Waals surface area contributed by atoms with Crippen LogP contribution in [0.15, 0.2) is 0 Å². The molecule has 0 fully saturated rings. The van der Waals surface area contributed by atoms with Crippen LogP contribution < -0.4 is 0 Å². The average molecular weight is 195 g/mol. The van der Waals surface area contributed by atoms with Gasteiger partial charge < -0.3 is 4.90 Å². The molecule has 0 aliphatic carbocycles. The maximum atomic E-state index is 11.6. The number of hydrogen-bond acceptors (Lipinski definition) is 1. The molecule has 2 heteroatoms. The van der Waals surface area contributed by atoms with E-state index >= 15 is 0 Å². The van der Waals surface area contributed by atoms with Crippen LogP contribution in [0.1, 0.15) is 40.0 Å². The van der Waals surface area contributed by atoms with Crippen molar-refractivity contribution in [3.05, 3.63) is 0 Å². The molecule has 0 spiro atoms. The first kappa shape index (κ1) is 13.0. The number of carbonyl (C=O) groups excluding carboxylic acids is 1. The van der Waals surface area contributed by atoms with E-state index in [1.807, 2.05) is 13.8 Å². The highest BCUT2D eigenvalue weighted by Gasteiger charge is 2.19. The van der Waals surface area contributed by atoms with Crippen molar-refractivity contribution in [2.45, 2.75) is 46.1 Å². The number of amides is 1. The Labute approximate surface area is 87.7 Å². The van der Waals surface area contributed by atoms with Crippen LogP contribution in [0, 0.1) is 18.3 Å². The van der Waals surface area contributed by atoms with Gasteiger partial charge in [-0.15, -0.1) is 6.42 Å². The van der Waals surface area contributed by atoms with Crippen LogP contribution in [-0.2, 0) is 4.79 Å². The first-order chi connectivity index (χ1) is 6.54. The molecule has 0 aromatic heterocycles. The summed E-state index contributed by atoms with van der Waals surface area (Å²) < 4.78 is 0. The Morgan fingerprint density at radius 3 is 2.43 bits per heavy atom. The lowest BCUT2D eigenvalue weighted by Gasteiger charge is -2.27. The van der Waals surface area contributed by atoms with Crippen LogP contribution in [0.2, 0.25) is 0 Å². The summed E-state index contributed by atoms with van der Waals surface area (Å²) in [7, 11) is 1.79. The van der Waals surface area contributed by atoms with E-state index in [9.17, 15) is 4.79 Å². The lowest BCUT2D eigenvalue weighted by molar-refractivity contribution is -0.131. The van der Waals surface area contributed by atoms with Crippen molar-refractivity contribution < 1.29 is 4.79 Å². The second-order valence-electron chi connectivity index (χ2n) is 3.96. The molecular formula is C12H21NO.